The van der Waals surface area contributed by atoms with E-state index in [-0.39, 0.29) is 12.2 Å². The van der Waals surface area contributed by atoms with Crippen molar-refractivity contribution in [1.29, 1.82) is 0 Å². The minimum absolute atomic E-state index is 0.199. The van der Waals surface area contributed by atoms with Crippen LogP contribution in [0.2, 0.25) is 0 Å². The summed E-state index contributed by atoms with van der Waals surface area (Å²) < 4.78 is 4.32. The van der Waals surface area contributed by atoms with Crippen LogP contribution in [0.25, 0.3) is 0 Å². The lowest BCUT2D eigenvalue weighted by Crippen LogP contribution is -2.31. The van der Waals surface area contributed by atoms with E-state index >= 15 is 0 Å². The SMILES string of the molecule is Cc1[nH]c(=O)[nH]c(=O)c1CO.O=C1O[C@H]([C@@H](O)CO)C(O)=C1O. The first kappa shape index (κ1) is 18.4. The van der Waals surface area contributed by atoms with Crippen LogP contribution in [0.1, 0.15) is 11.3 Å². The summed E-state index contributed by atoms with van der Waals surface area (Å²) in [7, 11) is 0. The van der Waals surface area contributed by atoms with Crippen LogP contribution in [0, 0.1) is 6.92 Å². The number of nitrogens with one attached hydrogen (secondary N) is 2. The zero-order chi connectivity index (χ0) is 17.7. The lowest BCUT2D eigenvalue weighted by Gasteiger charge is -2.13. The van der Waals surface area contributed by atoms with Crippen LogP contribution >= 0.6 is 0 Å². The molecule has 1 aliphatic rings. The largest absolute Gasteiger partial charge is 0.505 e. The fraction of sp³-hybridized carbons (Fsp3) is 0.417. The Kier molecular flexibility index (Phi) is 6.07. The van der Waals surface area contributed by atoms with Gasteiger partial charge in [-0.2, -0.15) is 0 Å². The van der Waals surface area contributed by atoms with Crippen molar-refractivity contribution in [2.24, 2.45) is 0 Å². The maximum absolute atomic E-state index is 10.9. The van der Waals surface area contributed by atoms with Gasteiger partial charge < -0.3 is 35.3 Å². The molecule has 0 saturated carbocycles. The number of aryl methyl sites for hydroxylation is 1. The standard InChI is InChI=1S/C6H8N2O3.C6H8O6/c1-3-4(2-9)5(10)8-6(11)7-3;7-1-2(8)5-3(9)4(10)6(11)12-5/h9H,2H2,1H3,(H2,7,8,10,11);2,5,7-10H,1H2/t;2-,5+/m.0/s1. The molecule has 0 fully saturated rings. The van der Waals surface area contributed by atoms with Crippen LogP contribution < -0.4 is 11.2 Å². The van der Waals surface area contributed by atoms with Gasteiger partial charge in [-0.1, -0.05) is 0 Å². The highest BCUT2D eigenvalue weighted by Crippen LogP contribution is 2.20. The van der Waals surface area contributed by atoms with Gasteiger partial charge in [-0.15, -0.1) is 0 Å². The number of rotatable bonds is 3. The van der Waals surface area contributed by atoms with E-state index in [0.717, 1.165) is 0 Å². The van der Waals surface area contributed by atoms with Gasteiger partial charge >= 0.3 is 11.7 Å². The molecule has 11 heteroatoms. The average molecular weight is 332 g/mol. The number of H-pyrrole nitrogens is 2. The summed E-state index contributed by atoms with van der Waals surface area (Å²) in [4.78, 5) is 36.3. The molecule has 128 valence electrons. The van der Waals surface area contributed by atoms with E-state index in [1.54, 1.807) is 6.92 Å². The fourth-order valence-corrected chi connectivity index (χ4v) is 1.64. The number of aromatic nitrogens is 2. The van der Waals surface area contributed by atoms with E-state index in [9.17, 15) is 14.4 Å². The first-order valence-corrected chi connectivity index (χ1v) is 6.27. The summed E-state index contributed by atoms with van der Waals surface area (Å²) in [5.74, 6) is -2.78. The smallest absolute Gasteiger partial charge is 0.377 e. The summed E-state index contributed by atoms with van der Waals surface area (Å²) in [5.41, 5.74) is -0.482. The molecule has 0 spiro atoms. The van der Waals surface area contributed by atoms with Crippen molar-refractivity contribution in [1.82, 2.24) is 9.97 Å². The van der Waals surface area contributed by atoms with Gasteiger partial charge in [-0.05, 0) is 6.92 Å². The number of carbonyl (C=O) groups excluding carboxylic acids is 1. The van der Waals surface area contributed by atoms with E-state index in [1.165, 1.54) is 0 Å². The van der Waals surface area contributed by atoms with Crippen LogP contribution in [-0.2, 0) is 16.1 Å². The highest BCUT2D eigenvalue weighted by atomic mass is 16.6. The monoisotopic (exact) mass is 332 g/mol. The fourth-order valence-electron chi connectivity index (χ4n) is 1.64. The van der Waals surface area contributed by atoms with Crippen molar-refractivity contribution >= 4 is 5.97 Å². The molecule has 0 aliphatic carbocycles. The lowest BCUT2D eigenvalue weighted by molar-refractivity contribution is -0.147. The number of hydrogen-bond acceptors (Lipinski definition) is 9. The van der Waals surface area contributed by atoms with Crippen LogP contribution in [0.3, 0.4) is 0 Å². The first-order valence-electron chi connectivity index (χ1n) is 6.27. The Labute approximate surface area is 128 Å². The summed E-state index contributed by atoms with van der Waals surface area (Å²) >= 11 is 0. The van der Waals surface area contributed by atoms with E-state index in [4.69, 9.17) is 25.5 Å². The second kappa shape index (κ2) is 7.58. The molecule has 0 radical (unpaired) electrons. The van der Waals surface area contributed by atoms with Crippen LogP contribution in [0.5, 0.6) is 0 Å². The van der Waals surface area contributed by atoms with Crippen molar-refractivity contribution in [2.75, 3.05) is 6.61 Å². The minimum Gasteiger partial charge on any atom is -0.505 e. The Bertz CT molecular complexity index is 718. The third kappa shape index (κ3) is 4.18. The highest BCUT2D eigenvalue weighted by molar-refractivity contribution is 5.89. The Morgan fingerprint density at radius 2 is 1.78 bits per heavy atom. The second-order valence-electron chi connectivity index (χ2n) is 4.48. The predicted octanol–water partition coefficient (Wildman–Crippen LogP) is -2.54. The molecule has 2 atom stereocenters. The molecule has 1 aliphatic heterocycles. The molecule has 0 amide bonds. The van der Waals surface area contributed by atoms with E-state index < -0.39 is 47.6 Å². The molecule has 0 saturated heterocycles. The van der Waals surface area contributed by atoms with Gasteiger partial charge in [-0.25, -0.2) is 9.59 Å². The molecule has 0 unspecified atom stereocenters. The molecule has 23 heavy (non-hydrogen) atoms. The summed E-state index contributed by atoms with van der Waals surface area (Å²) in [6, 6.07) is 0. The molecule has 11 nitrogen and oxygen atoms in total. The van der Waals surface area contributed by atoms with Crippen molar-refractivity contribution in [2.45, 2.75) is 25.7 Å². The van der Waals surface area contributed by atoms with Gasteiger partial charge in [-0.3, -0.25) is 9.78 Å². The molecule has 1 aromatic rings. The molecule has 1 aromatic heterocycles. The predicted molar refractivity (Wildman–Crippen MR) is 73.6 cm³/mol. The number of carbonyl (C=O) groups is 1. The normalized spacial score (nSPS) is 18.3. The Hall–Kier alpha value is -2.63. The number of aromatic amines is 2. The molecular formula is C12H16N2O9. The van der Waals surface area contributed by atoms with Crippen LogP contribution in [-0.4, -0.2) is 60.3 Å². The zero-order valence-corrected chi connectivity index (χ0v) is 11.9. The van der Waals surface area contributed by atoms with Crippen LogP contribution in [0.15, 0.2) is 21.1 Å². The summed E-state index contributed by atoms with van der Waals surface area (Å²) in [5, 5.41) is 43.7. The van der Waals surface area contributed by atoms with Gasteiger partial charge in [0.1, 0.15) is 6.10 Å². The molecule has 0 aromatic carbocycles. The number of cyclic esters (lactones) is 1. The number of hydrogen-bond donors (Lipinski definition) is 7. The summed E-state index contributed by atoms with van der Waals surface area (Å²) in [6.45, 7) is 0.523. The Balaban J connectivity index is 0.000000231. The summed E-state index contributed by atoms with van der Waals surface area (Å²) in [6.07, 6.45) is -2.78. The van der Waals surface area contributed by atoms with Gasteiger partial charge in [0.25, 0.3) is 5.56 Å². The quantitative estimate of drug-likeness (QED) is 0.292. The number of aliphatic hydroxyl groups excluding tert-OH is 5. The van der Waals surface area contributed by atoms with Gasteiger partial charge in [0.15, 0.2) is 11.9 Å². The van der Waals surface area contributed by atoms with Gasteiger partial charge in [0.2, 0.25) is 5.76 Å². The number of esters is 1. The van der Waals surface area contributed by atoms with E-state index in [1.807, 2.05) is 4.98 Å². The Morgan fingerprint density at radius 3 is 2.17 bits per heavy atom. The molecular weight excluding hydrogens is 316 g/mol. The van der Waals surface area contributed by atoms with E-state index in [0.29, 0.717) is 5.69 Å². The first-order chi connectivity index (χ1) is 10.7. The van der Waals surface area contributed by atoms with E-state index in [2.05, 4.69) is 9.72 Å². The third-order valence-electron chi connectivity index (χ3n) is 2.89. The average Bonchev–Trinajstić information content (AvgIpc) is 2.74. The van der Waals surface area contributed by atoms with Crippen molar-refractivity contribution < 1.29 is 35.1 Å². The van der Waals surface area contributed by atoms with Crippen molar-refractivity contribution in [3.63, 3.8) is 0 Å². The van der Waals surface area contributed by atoms with Crippen LogP contribution in [0.4, 0.5) is 0 Å². The highest BCUT2D eigenvalue weighted by Gasteiger charge is 2.38. The zero-order valence-electron chi connectivity index (χ0n) is 11.9. The third-order valence-corrected chi connectivity index (χ3v) is 2.89. The molecule has 2 rings (SSSR count). The minimum atomic E-state index is -1.42. The molecule has 0 bridgehead atoms. The van der Waals surface area contributed by atoms with Gasteiger partial charge in [0, 0.05) is 5.69 Å². The van der Waals surface area contributed by atoms with Gasteiger partial charge in [0.05, 0.1) is 18.8 Å². The lowest BCUT2D eigenvalue weighted by atomic mass is 10.2. The number of ether oxygens (including phenoxy) is 1. The maximum Gasteiger partial charge on any atom is 0.377 e. The Morgan fingerprint density at radius 1 is 1.17 bits per heavy atom. The molecule has 7 N–H and O–H groups in total. The van der Waals surface area contributed by atoms with Crippen molar-refractivity contribution in [3.05, 3.63) is 43.6 Å². The number of aliphatic hydroxyl groups is 5. The maximum atomic E-state index is 10.9. The van der Waals surface area contributed by atoms with Crippen molar-refractivity contribution in [3.8, 4) is 0 Å². The molecule has 2 heterocycles. The topological polar surface area (TPSA) is 193 Å². The second-order valence-corrected chi connectivity index (χ2v) is 4.48.